The van der Waals surface area contributed by atoms with Crippen molar-refractivity contribution in [3.63, 3.8) is 0 Å². The van der Waals surface area contributed by atoms with Crippen LogP contribution >= 0.6 is 11.6 Å². The SMILES string of the molecule is CCOc1cccc(OCC)c1C(=O)N1CCC(Nc2nc3ccc(Cl)cc3o2)C1. The first kappa shape index (κ1) is 20.3. The van der Waals surface area contributed by atoms with Crippen LogP contribution in [-0.4, -0.2) is 48.1 Å². The highest BCUT2D eigenvalue weighted by molar-refractivity contribution is 6.31. The zero-order chi connectivity index (χ0) is 21.1. The van der Waals surface area contributed by atoms with Crippen LogP contribution in [0.25, 0.3) is 11.1 Å². The molecule has 0 spiro atoms. The summed E-state index contributed by atoms with van der Waals surface area (Å²) in [7, 11) is 0. The smallest absolute Gasteiger partial charge is 0.295 e. The van der Waals surface area contributed by atoms with Gasteiger partial charge in [0.15, 0.2) is 5.58 Å². The number of hydrogen-bond acceptors (Lipinski definition) is 6. The van der Waals surface area contributed by atoms with E-state index in [4.69, 9.17) is 25.5 Å². The number of anilines is 1. The Hall–Kier alpha value is -2.93. The molecule has 1 aromatic heterocycles. The first-order valence-electron chi connectivity index (χ1n) is 10.1. The summed E-state index contributed by atoms with van der Waals surface area (Å²) in [5.41, 5.74) is 1.83. The van der Waals surface area contributed by atoms with Crippen molar-refractivity contribution in [2.45, 2.75) is 26.3 Å². The lowest BCUT2D eigenvalue weighted by molar-refractivity contribution is 0.0783. The van der Waals surface area contributed by atoms with Gasteiger partial charge in [0, 0.05) is 30.2 Å². The van der Waals surface area contributed by atoms with Crippen LogP contribution in [-0.2, 0) is 0 Å². The van der Waals surface area contributed by atoms with Crippen LogP contribution in [0.1, 0.15) is 30.6 Å². The summed E-state index contributed by atoms with van der Waals surface area (Å²) in [5.74, 6) is 0.984. The molecule has 2 aromatic carbocycles. The summed E-state index contributed by atoms with van der Waals surface area (Å²) in [6.07, 6.45) is 0.784. The lowest BCUT2D eigenvalue weighted by Crippen LogP contribution is -2.32. The monoisotopic (exact) mass is 429 g/mol. The van der Waals surface area contributed by atoms with Gasteiger partial charge in [0.05, 0.1) is 13.2 Å². The van der Waals surface area contributed by atoms with Crippen molar-refractivity contribution in [1.82, 2.24) is 9.88 Å². The molecule has 1 fully saturated rings. The van der Waals surface area contributed by atoms with Gasteiger partial charge in [0.2, 0.25) is 0 Å². The number of likely N-dealkylation sites (tertiary alicyclic amines) is 1. The standard InChI is InChI=1S/C22H24ClN3O4/c1-3-28-17-6-5-7-18(29-4-2)20(17)21(27)26-11-10-15(13-26)24-22-25-16-9-8-14(23)12-19(16)30-22/h5-9,12,15H,3-4,10-11,13H2,1-2H3,(H,24,25). The van der Waals surface area contributed by atoms with Crippen LogP contribution in [0.4, 0.5) is 6.01 Å². The van der Waals surface area contributed by atoms with Gasteiger partial charge in [-0.2, -0.15) is 4.98 Å². The van der Waals surface area contributed by atoms with E-state index < -0.39 is 0 Å². The predicted octanol–water partition coefficient (Wildman–Crippen LogP) is 4.61. The number of nitrogens with one attached hydrogen (secondary N) is 1. The topological polar surface area (TPSA) is 76.8 Å². The van der Waals surface area contributed by atoms with Crippen LogP contribution < -0.4 is 14.8 Å². The number of aromatic nitrogens is 1. The summed E-state index contributed by atoms with van der Waals surface area (Å²) in [5, 5.41) is 3.89. The van der Waals surface area contributed by atoms with Crippen LogP contribution in [0, 0.1) is 0 Å². The zero-order valence-corrected chi connectivity index (χ0v) is 17.7. The van der Waals surface area contributed by atoms with E-state index in [1.165, 1.54) is 0 Å². The summed E-state index contributed by atoms with van der Waals surface area (Å²) in [6.45, 7) is 5.89. The first-order valence-corrected chi connectivity index (χ1v) is 10.5. The van der Waals surface area contributed by atoms with Crippen LogP contribution in [0.15, 0.2) is 40.8 Å². The second kappa shape index (κ2) is 8.83. The number of ether oxygens (including phenoxy) is 2. The van der Waals surface area contributed by atoms with E-state index in [9.17, 15) is 4.79 Å². The molecule has 0 bridgehead atoms. The van der Waals surface area contributed by atoms with Crippen molar-refractivity contribution >= 4 is 34.6 Å². The molecule has 158 valence electrons. The van der Waals surface area contributed by atoms with Gasteiger partial charge in [-0.3, -0.25) is 4.79 Å². The second-order valence-corrected chi connectivity index (χ2v) is 7.44. The van der Waals surface area contributed by atoms with Gasteiger partial charge in [-0.15, -0.1) is 0 Å². The zero-order valence-electron chi connectivity index (χ0n) is 17.0. The van der Waals surface area contributed by atoms with Gasteiger partial charge in [-0.1, -0.05) is 17.7 Å². The summed E-state index contributed by atoms with van der Waals surface area (Å²) < 4.78 is 17.1. The number of oxazole rings is 1. The van der Waals surface area contributed by atoms with E-state index in [0.717, 1.165) is 11.9 Å². The van der Waals surface area contributed by atoms with Crippen molar-refractivity contribution in [1.29, 1.82) is 0 Å². The third-order valence-corrected chi connectivity index (χ3v) is 5.19. The van der Waals surface area contributed by atoms with Gasteiger partial charge < -0.3 is 24.1 Å². The number of benzene rings is 2. The molecule has 1 amide bonds. The number of rotatable bonds is 7. The number of carbonyl (C=O) groups excluding carboxylic acids is 1. The minimum atomic E-state index is -0.101. The molecule has 1 N–H and O–H groups in total. The fourth-order valence-corrected chi connectivity index (χ4v) is 3.79. The van der Waals surface area contributed by atoms with E-state index in [-0.39, 0.29) is 11.9 Å². The number of halogens is 1. The molecule has 1 atom stereocenters. The minimum Gasteiger partial charge on any atom is -0.493 e. The third kappa shape index (κ3) is 4.16. The normalized spacial score (nSPS) is 16.1. The Labute approximate surface area is 179 Å². The molecule has 7 nitrogen and oxygen atoms in total. The molecule has 1 saturated heterocycles. The Bertz CT molecular complexity index is 1030. The number of fused-ring (bicyclic) bond motifs is 1. The maximum atomic E-state index is 13.3. The summed E-state index contributed by atoms with van der Waals surface area (Å²) in [4.78, 5) is 19.5. The molecule has 3 aromatic rings. The summed E-state index contributed by atoms with van der Waals surface area (Å²) >= 11 is 6.01. The Morgan fingerprint density at radius 2 is 1.97 bits per heavy atom. The first-order chi connectivity index (χ1) is 14.6. The number of carbonyl (C=O) groups is 1. The van der Waals surface area contributed by atoms with Gasteiger partial charge >= 0.3 is 0 Å². The van der Waals surface area contributed by atoms with Gasteiger partial charge in [0.1, 0.15) is 22.6 Å². The maximum absolute atomic E-state index is 13.3. The van der Waals surface area contributed by atoms with Gasteiger partial charge in [0.25, 0.3) is 11.9 Å². The van der Waals surface area contributed by atoms with Crippen molar-refractivity contribution in [2.24, 2.45) is 0 Å². The molecule has 8 heteroatoms. The number of nitrogens with zero attached hydrogens (tertiary/aromatic N) is 2. The highest BCUT2D eigenvalue weighted by Crippen LogP contribution is 2.32. The average Bonchev–Trinajstić information content (AvgIpc) is 3.35. The number of amides is 1. The van der Waals surface area contributed by atoms with Crippen molar-refractivity contribution in [2.75, 3.05) is 31.6 Å². The summed E-state index contributed by atoms with van der Waals surface area (Å²) in [6, 6.07) is 11.2. The maximum Gasteiger partial charge on any atom is 0.295 e. The molecule has 4 rings (SSSR count). The third-order valence-electron chi connectivity index (χ3n) is 4.96. The average molecular weight is 430 g/mol. The quantitative estimate of drug-likeness (QED) is 0.591. The largest absolute Gasteiger partial charge is 0.493 e. The Morgan fingerprint density at radius 3 is 2.67 bits per heavy atom. The fraction of sp³-hybridized carbons (Fsp3) is 0.364. The molecule has 2 heterocycles. The van der Waals surface area contributed by atoms with Crippen LogP contribution in [0.2, 0.25) is 5.02 Å². The lowest BCUT2D eigenvalue weighted by Gasteiger charge is -2.20. The van der Waals surface area contributed by atoms with Gasteiger partial charge in [-0.25, -0.2) is 0 Å². The molecule has 1 unspecified atom stereocenters. The minimum absolute atomic E-state index is 0.0345. The molecule has 30 heavy (non-hydrogen) atoms. The van der Waals surface area contributed by atoms with E-state index >= 15 is 0 Å². The molecular formula is C22H24ClN3O4. The van der Waals surface area contributed by atoms with E-state index in [1.807, 2.05) is 26.0 Å². The van der Waals surface area contributed by atoms with Crippen LogP contribution in [0.5, 0.6) is 11.5 Å². The molecule has 0 aliphatic carbocycles. The molecule has 1 aliphatic rings. The van der Waals surface area contributed by atoms with E-state index in [0.29, 0.717) is 60.0 Å². The highest BCUT2D eigenvalue weighted by atomic mass is 35.5. The Morgan fingerprint density at radius 1 is 1.23 bits per heavy atom. The predicted molar refractivity (Wildman–Crippen MR) is 116 cm³/mol. The van der Waals surface area contributed by atoms with E-state index in [1.54, 1.807) is 29.2 Å². The van der Waals surface area contributed by atoms with Crippen molar-refractivity contribution in [3.05, 3.63) is 47.0 Å². The number of hydrogen-bond donors (Lipinski definition) is 1. The van der Waals surface area contributed by atoms with Gasteiger partial charge in [-0.05, 0) is 44.5 Å². The van der Waals surface area contributed by atoms with Crippen LogP contribution in [0.3, 0.4) is 0 Å². The van der Waals surface area contributed by atoms with Crippen molar-refractivity contribution < 1.29 is 18.7 Å². The molecule has 0 radical (unpaired) electrons. The second-order valence-electron chi connectivity index (χ2n) is 7.01. The fourth-order valence-electron chi connectivity index (χ4n) is 3.63. The highest BCUT2D eigenvalue weighted by Gasteiger charge is 2.31. The van der Waals surface area contributed by atoms with E-state index in [2.05, 4.69) is 10.3 Å². The molecule has 0 saturated carbocycles. The molecular weight excluding hydrogens is 406 g/mol. The Kier molecular flexibility index (Phi) is 5.99. The lowest BCUT2D eigenvalue weighted by atomic mass is 10.1. The van der Waals surface area contributed by atoms with Crippen molar-refractivity contribution in [3.8, 4) is 11.5 Å². The Balaban J connectivity index is 1.49. The molecule has 1 aliphatic heterocycles.